The first-order valence-corrected chi connectivity index (χ1v) is 9.11. The predicted molar refractivity (Wildman–Crippen MR) is 110 cm³/mol. The first kappa shape index (κ1) is 20.5. The fraction of sp³-hybridized carbons (Fsp3) is 0.0476. The molecule has 0 atom stereocenters. The zero-order valence-corrected chi connectivity index (χ0v) is 16.4. The number of amides is 1. The molecule has 0 aliphatic carbocycles. The van der Waals surface area contributed by atoms with Gasteiger partial charge in [-0.3, -0.25) is 9.59 Å². The van der Waals surface area contributed by atoms with Gasteiger partial charge in [-0.15, -0.1) is 0 Å². The number of halogens is 2. The number of ether oxygens (including phenoxy) is 1. The molecule has 0 unspecified atom stereocenters. The average molecular weight is 432 g/mol. The minimum absolute atomic E-state index is 0.0122. The van der Waals surface area contributed by atoms with Crippen LogP contribution in [-0.4, -0.2) is 22.1 Å². The number of carboxylic acids is 1. The van der Waals surface area contributed by atoms with Crippen molar-refractivity contribution < 1.29 is 24.5 Å². The summed E-state index contributed by atoms with van der Waals surface area (Å²) in [5.74, 6) is -1.02. The van der Waals surface area contributed by atoms with Crippen LogP contribution in [0.3, 0.4) is 0 Å². The molecule has 0 saturated heterocycles. The van der Waals surface area contributed by atoms with Gasteiger partial charge in [0.1, 0.15) is 11.5 Å². The van der Waals surface area contributed by atoms with E-state index >= 15 is 0 Å². The highest BCUT2D eigenvalue weighted by atomic mass is 35.5. The van der Waals surface area contributed by atoms with E-state index in [1.807, 2.05) is 0 Å². The average Bonchev–Trinajstić information content (AvgIpc) is 2.65. The summed E-state index contributed by atoms with van der Waals surface area (Å²) in [5.41, 5.74) is 7.15. The van der Waals surface area contributed by atoms with Crippen LogP contribution in [-0.2, 0) is 11.2 Å². The van der Waals surface area contributed by atoms with Gasteiger partial charge in [-0.25, -0.2) is 0 Å². The van der Waals surface area contributed by atoms with Gasteiger partial charge >= 0.3 is 5.97 Å². The molecule has 0 aliphatic rings. The van der Waals surface area contributed by atoms with Crippen LogP contribution < -0.4 is 10.5 Å². The number of hydrogen-bond acceptors (Lipinski definition) is 4. The second-order valence-corrected chi connectivity index (χ2v) is 7.00. The molecule has 0 heterocycles. The summed E-state index contributed by atoms with van der Waals surface area (Å²) >= 11 is 12.4. The number of phenols is 1. The number of carboxylic acid groups (broad SMARTS) is 1. The molecule has 29 heavy (non-hydrogen) atoms. The number of phenolic OH excluding ortho intramolecular Hbond substituents is 1. The molecule has 0 spiro atoms. The van der Waals surface area contributed by atoms with Crippen LogP contribution in [0.15, 0.2) is 54.6 Å². The van der Waals surface area contributed by atoms with Gasteiger partial charge in [0.2, 0.25) is 5.91 Å². The number of hydrogen-bond donors (Lipinski definition) is 3. The summed E-state index contributed by atoms with van der Waals surface area (Å²) in [6.45, 7) is 0. The minimum Gasteiger partial charge on any atom is -0.507 e. The molecular weight excluding hydrogens is 417 g/mol. The molecule has 4 N–H and O–H groups in total. The fourth-order valence-corrected chi connectivity index (χ4v) is 3.34. The molecule has 0 aromatic heterocycles. The van der Waals surface area contributed by atoms with Gasteiger partial charge in [0.25, 0.3) is 0 Å². The molecule has 3 aromatic rings. The van der Waals surface area contributed by atoms with Crippen LogP contribution >= 0.6 is 23.2 Å². The number of carbonyl (C=O) groups is 2. The predicted octanol–water partition coefficient (Wildman–Crippen LogP) is 4.88. The van der Waals surface area contributed by atoms with Crippen LogP contribution in [0, 0.1) is 0 Å². The first-order valence-electron chi connectivity index (χ1n) is 8.35. The molecule has 148 valence electrons. The van der Waals surface area contributed by atoms with Gasteiger partial charge in [0.15, 0.2) is 5.75 Å². The molecular formula is C21H15Cl2NO5. The quantitative estimate of drug-likeness (QED) is 0.514. The SMILES string of the molecule is NC(=O)c1ccc(-c2cc(Oc3c(Cl)cc(CC(=O)O)cc3Cl)ccc2O)cc1. The van der Waals surface area contributed by atoms with Crippen molar-refractivity contribution in [2.45, 2.75) is 6.42 Å². The van der Waals surface area contributed by atoms with Crippen LogP contribution in [0.25, 0.3) is 11.1 Å². The topological polar surface area (TPSA) is 110 Å². The van der Waals surface area contributed by atoms with Gasteiger partial charge < -0.3 is 20.7 Å². The highest BCUT2D eigenvalue weighted by molar-refractivity contribution is 6.37. The second kappa shape index (κ2) is 8.43. The molecule has 0 bridgehead atoms. The van der Waals surface area contributed by atoms with Gasteiger partial charge in [0, 0.05) is 11.1 Å². The Morgan fingerprint density at radius 2 is 1.59 bits per heavy atom. The minimum atomic E-state index is -1.00. The van der Waals surface area contributed by atoms with Crippen LogP contribution in [0.5, 0.6) is 17.2 Å². The number of carbonyl (C=O) groups excluding carboxylic acids is 1. The van der Waals surface area contributed by atoms with E-state index in [0.717, 1.165) is 0 Å². The Labute approximate surface area is 176 Å². The number of rotatable bonds is 6. The van der Waals surface area contributed by atoms with Crippen molar-refractivity contribution >= 4 is 35.1 Å². The Balaban J connectivity index is 1.92. The van der Waals surface area contributed by atoms with E-state index in [9.17, 15) is 14.7 Å². The van der Waals surface area contributed by atoms with Crippen molar-refractivity contribution in [3.8, 4) is 28.4 Å². The number of aromatic hydroxyl groups is 1. The van der Waals surface area contributed by atoms with Gasteiger partial charge in [-0.2, -0.15) is 0 Å². The highest BCUT2D eigenvalue weighted by Gasteiger charge is 2.14. The van der Waals surface area contributed by atoms with Crippen molar-refractivity contribution in [1.82, 2.24) is 0 Å². The Morgan fingerprint density at radius 1 is 0.966 bits per heavy atom. The Morgan fingerprint density at radius 3 is 2.14 bits per heavy atom. The van der Waals surface area contributed by atoms with E-state index in [-0.39, 0.29) is 28.0 Å². The van der Waals surface area contributed by atoms with E-state index in [2.05, 4.69) is 0 Å². The summed E-state index contributed by atoms with van der Waals surface area (Å²) in [6.07, 6.45) is -0.218. The molecule has 3 aromatic carbocycles. The maximum Gasteiger partial charge on any atom is 0.307 e. The van der Waals surface area contributed by atoms with Crippen LogP contribution in [0.4, 0.5) is 0 Å². The fourth-order valence-electron chi connectivity index (χ4n) is 2.73. The van der Waals surface area contributed by atoms with Crippen molar-refractivity contribution in [3.63, 3.8) is 0 Å². The molecule has 0 fully saturated rings. The monoisotopic (exact) mass is 431 g/mol. The third-order valence-electron chi connectivity index (χ3n) is 4.08. The number of benzene rings is 3. The number of primary amides is 1. The highest BCUT2D eigenvalue weighted by Crippen LogP contribution is 2.40. The molecule has 0 radical (unpaired) electrons. The Kier molecular flexibility index (Phi) is 5.96. The largest absolute Gasteiger partial charge is 0.507 e. The smallest absolute Gasteiger partial charge is 0.307 e. The molecule has 8 heteroatoms. The van der Waals surface area contributed by atoms with E-state index in [1.54, 1.807) is 30.3 Å². The standard InChI is InChI=1S/C21H15Cl2NO5/c22-16-7-11(9-19(26)27)8-17(23)20(16)29-14-5-6-18(25)15(10-14)12-1-3-13(4-2-12)21(24)28/h1-8,10,25H,9H2,(H2,24,28)(H,26,27). The van der Waals surface area contributed by atoms with Crippen molar-refractivity contribution in [3.05, 3.63) is 75.8 Å². The van der Waals surface area contributed by atoms with Crippen LogP contribution in [0.1, 0.15) is 15.9 Å². The molecule has 1 amide bonds. The zero-order valence-electron chi connectivity index (χ0n) is 14.9. The lowest BCUT2D eigenvalue weighted by Crippen LogP contribution is -2.10. The summed E-state index contributed by atoms with van der Waals surface area (Å²) in [4.78, 5) is 22.1. The normalized spacial score (nSPS) is 10.6. The summed E-state index contributed by atoms with van der Waals surface area (Å²) in [5, 5.41) is 19.4. The van der Waals surface area contributed by atoms with Crippen molar-refractivity contribution in [2.75, 3.05) is 0 Å². The van der Waals surface area contributed by atoms with Gasteiger partial charge in [-0.05, 0) is 53.6 Å². The van der Waals surface area contributed by atoms with E-state index in [4.69, 9.17) is 38.8 Å². The Bertz CT molecular complexity index is 1070. The van der Waals surface area contributed by atoms with Gasteiger partial charge in [0.05, 0.1) is 16.5 Å². The molecule has 0 aliphatic heterocycles. The van der Waals surface area contributed by atoms with E-state index in [0.29, 0.717) is 28.0 Å². The third kappa shape index (κ3) is 4.80. The summed E-state index contributed by atoms with van der Waals surface area (Å²) in [7, 11) is 0. The molecule has 0 saturated carbocycles. The van der Waals surface area contributed by atoms with Crippen molar-refractivity contribution in [1.29, 1.82) is 0 Å². The van der Waals surface area contributed by atoms with Crippen molar-refractivity contribution in [2.24, 2.45) is 5.73 Å². The Hall–Kier alpha value is -3.22. The zero-order chi connectivity index (χ0) is 21.1. The lowest BCUT2D eigenvalue weighted by molar-refractivity contribution is -0.136. The third-order valence-corrected chi connectivity index (χ3v) is 4.64. The first-order chi connectivity index (χ1) is 13.7. The number of aliphatic carboxylic acids is 1. The van der Waals surface area contributed by atoms with Gasteiger partial charge in [-0.1, -0.05) is 35.3 Å². The lowest BCUT2D eigenvalue weighted by Gasteiger charge is -2.13. The maximum absolute atomic E-state index is 11.2. The maximum atomic E-state index is 11.2. The molecule has 3 rings (SSSR count). The van der Waals surface area contributed by atoms with E-state index in [1.165, 1.54) is 24.3 Å². The second-order valence-electron chi connectivity index (χ2n) is 6.18. The lowest BCUT2D eigenvalue weighted by atomic mass is 10.0. The summed E-state index contributed by atoms with van der Waals surface area (Å²) in [6, 6.07) is 13.9. The van der Waals surface area contributed by atoms with Crippen LogP contribution in [0.2, 0.25) is 10.0 Å². The summed E-state index contributed by atoms with van der Waals surface area (Å²) < 4.78 is 5.78. The molecule has 6 nitrogen and oxygen atoms in total. The number of nitrogens with two attached hydrogens (primary N) is 1. The van der Waals surface area contributed by atoms with E-state index < -0.39 is 11.9 Å².